The van der Waals surface area contributed by atoms with Crippen LogP contribution < -0.4 is 0 Å². The summed E-state index contributed by atoms with van der Waals surface area (Å²) in [5, 5.41) is 9.17. The van der Waals surface area contributed by atoms with Crippen LogP contribution in [0.4, 0.5) is 0 Å². The number of unbranched alkanes of at least 4 members (excludes halogenated alkanes) is 3. The van der Waals surface area contributed by atoms with Crippen molar-refractivity contribution in [3.63, 3.8) is 0 Å². The van der Waals surface area contributed by atoms with Gasteiger partial charge in [-0.2, -0.15) is 0 Å². The summed E-state index contributed by atoms with van der Waals surface area (Å²) in [6.07, 6.45) is 8.52. The van der Waals surface area contributed by atoms with Crippen molar-refractivity contribution in [2.45, 2.75) is 44.9 Å². The van der Waals surface area contributed by atoms with Gasteiger partial charge < -0.3 is 9.67 Å². The Labute approximate surface area is 136 Å². The maximum atomic E-state index is 11.2. The SMILES string of the molecule is CCCCCCC(C(=O)O)c1nccn1C.[Cl][Co]([Cl])[Cl]. The van der Waals surface area contributed by atoms with E-state index < -0.39 is 22.8 Å². The van der Waals surface area contributed by atoms with Crippen LogP contribution >= 0.6 is 30.4 Å². The first kappa shape index (κ1) is 20.1. The Morgan fingerprint density at radius 2 is 2.00 bits per heavy atom. The number of rotatable bonds is 7. The average Bonchev–Trinajstić information content (AvgIpc) is 2.74. The molecule has 0 fully saturated rings. The van der Waals surface area contributed by atoms with E-state index in [0.29, 0.717) is 12.2 Å². The van der Waals surface area contributed by atoms with Gasteiger partial charge >= 0.3 is 47.4 Å². The van der Waals surface area contributed by atoms with Crippen molar-refractivity contribution < 1.29 is 20.9 Å². The van der Waals surface area contributed by atoms with Crippen molar-refractivity contribution >= 4 is 36.4 Å². The van der Waals surface area contributed by atoms with Crippen molar-refractivity contribution in [2.75, 3.05) is 0 Å². The minimum absolute atomic E-state index is 0.461. The molecule has 4 nitrogen and oxygen atoms in total. The third-order valence-electron chi connectivity index (χ3n) is 2.81. The van der Waals surface area contributed by atoms with Crippen LogP contribution in [0.2, 0.25) is 0 Å². The molecule has 0 aliphatic rings. The van der Waals surface area contributed by atoms with Crippen molar-refractivity contribution in [3.8, 4) is 0 Å². The fraction of sp³-hybridized carbons (Fsp3) is 0.667. The number of carbonyl (C=O) groups is 1. The van der Waals surface area contributed by atoms with E-state index in [2.05, 4.69) is 11.9 Å². The van der Waals surface area contributed by atoms with Gasteiger partial charge in [-0.05, 0) is 6.42 Å². The van der Waals surface area contributed by atoms with E-state index in [-0.39, 0.29) is 0 Å². The molecule has 0 amide bonds. The van der Waals surface area contributed by atoms with Crippen LogP contribution in [0.5, 0.6) is 0 Å². The number of carboxylic acids is 1. The van der Waals surface area contributed by atoms with E-state index in [9.17, 15) is 9.90 Å². The summed E-state index contributed by atoms with van der Waals surface area (Å²) in [5.41, 5.74) is 0. The fourth-order valence-corrected chi connectivity index (χ4v) is 1.85. The predicted molar refractivity (Wildman–Crippen MR) is 79.9 cm³/mol. The number of hydrogen-bond donors (Lipinski definition) is 1. The molecule has 1 rings (SSSR count). The van der Waals surface area contributed by atoms with E-state index in [1.54, 1.807) is 17.0 Å². The van der Waals surface area contributed by atoms with Gasteiger partial charge in [0.2, 0.25) is 0 Å². The van der Waals surface area contributed by atoms with Crippen molar-refractivity contribution in [2.24, 2.45) is 7.05 Å². The standard InChI is InChI=1S/C12H20N2O2.3ClH.Co/c1-3-4-5-6-7-10(12(15)16)11-13-8-9-14(11)2;;;;/h8-10H,3-7H2,1-2H3,(H,15,16);3*1H;/q;;;;+3/p-3. The Kier molecular flexibility index (Phi) is 11.7. The molecule has 0 saturated heterocycles. The van der Waals surface area contributed by atoms with Gasteiger partial charge in [0.25, 0.3) is 0 Å². The zero-order valence-corrected chi connectivity index (χ0v) is 14.8. The zero-order chi connectivity index (χ0) is 15.5. The molecule has 8 heteroatoms. The molecule has 1 unspecified atom stereocenters. The summed E-state index contributed by atoms with van der Waals surface area (Å²) in [6.45, 7) is 2.15. The summed E-state index contributed by atoms with van der Waals surface area (Å²) < 4.78 is 1.79. The molecule has 120 valence electrons. The maximum absolute atomic E-state index is 11.2. The minimum atomic E-state index is -1.19. The number of aliphatic carboxylic acids is 1. The molecule has 0 spiro atoms. The van der Waals surface area contributed by atoms with Crippen LogP contribution in [-0.2, 0) is 22.8 Å². The zero-order valence-electron chi connectivity index (χ0n) is 11.5. The van der Waals surface area contributed by atoms with E-state index in [1.165, 1.54) is 12.8 Å². The molecule has 20 heavy (non-hydrogen) atoms. The molecule has 1 aromatic rings. The molecular formula is C12H20Cl3CoN2O2. The number of aryl methyl sites for hydroxylation is 1. The Morgan fingerprint density at radius 1 is 1.40 bits per heavy atom. The van der Waals surface area contributed by atoms with E-state index >= 15 is 0 Å². The van der Waals surface area contributed by atoms with Gasteiger partial charge in [-0.3, -0.25) is 4.79 Å². The van der Waals surface area contributed by atoms with Gasteiger partial charge in [0.15, 0.2) is 0 Å². The Hall–Kier alpha value is 0.0565. The van der Waals surface area contributed by atoms with Crippen molar-refractivity contribution in [1.29, 1.82) is 0 Å². The second kappa shape index (κ2) is 11.7. The molecule has 0 aromatic carbocycles. The van der Waals surface area contributed by atoms with Gasteiger partial charge in [0.05, 0.1) is 0 Å². The number of carboxylic acid groups (broad SMARTS) is 1. The van der Waals surface area contributed by atoms with Crippen LogP contribution in [0, 0.1) is 0 Å². The number of hydrogen-bond acceptors (Lipinski definition) is 2. The van der Waals surface area contributed by atoms with E-state index in [0.717, 1.165) is 12.8 Å². The molecule has 1 heterocycles. The van der Waals surface area contributed by atoms with Crippen LogP contribution in [0.1, 0.15) is 50.8 Å². The topological polar surface area (TPSA) is 55.1 Å². The van der Waals surface area contributed by atoms with Crippen LogP contribution in [0.25, 0.3) is 0 Å². The molecule has 0 aliphatic carbocycles. The molecule has 1 aromatic heterocycles. The molecule has 0 radical (unpaired) electrons. The van der Waals surface area contributed by atoms with Gasteiger partial charge in [0.1, 0.15) is 11.7 Å². The Morgan fingerprint density at radius 3 is 2.40 bits per heavy atom. The van der Waals surface area contributed by atoms with Gasteiger partial charge in [-0.25, -0.2) is 4.98 Å². The van der Waals surface area contributed by atoms with Crippen LogP contribution in [0.15, 0.2) is 12.4 Å². The first-order valence-corrected chi connectivity index (χ1v) is 10.5. The first-order chi connectivity index (χ1) is 9.40. The average molecular weight is 390 g/mol. The van der Waals surface area contributed by atoms with E-state index in [1.807, 2.05) is 7.05 Å². The second-order valence-electron chi connectivity index (χ2n) is 4.28. The monoisotopic (exact) mass is 388 g/mol. The second-order valence-corrected chi connectivity index (χ2v) is 9.44. The summed E-state index contributed by atoms with van der Waals surface area (Å²) in [6, 6.07) is 0. The Balaban J connectivity index is 0.000000796. The van der Waals surface area contributed by atoms with E-state index in [4.69, 9.17) is 30.4 Å². The fourth-order valence-electron chi connectivity index (χ4n) is 1.85. The normalized spacial score (nSPS) is 12.3. The molecule has 0 bridgehead atoms. The first-order valence-electron chi connectivity index (χ1n) is 6.24. The summed E-state index contributed by atoms with van der Waals surface area (Å²) in [4.78, 5) is 15.3. The quantitative estimate of drug-likeness (QED) is 0.692. The van der Waals surface area contributed by atoms with Gasteiger partial charge in [-0.15, -0.1) is 0 Å². The summed E-state index contributed by atoms with van der Waals surface area (Å²) in [5.74, 6) is -0.577. The predicted octanol–water partition coefficient (Wildman–Crippen LogP) is 4.62. The number of halogens is 3. The molecule has 1 N–H and O–H groups in total. The third-order valence-corrected chi connectivity index (χ3v) is 2.81. The van der Waals surface area contributed by atoms with Crippen molar-refractivity contribution in [3.05, 3.63) is 18.2 Å². The third kappa shape index (κ3) is 9.08. The van der Waals surface area contributed by atoms with Crippen LogP contribution in [-0.4, -0.2) is 20.6 Å². The molecule has 1 atom stereocenters. The van der Waals surface area contributed by atoms with Crippen molar-refractivity contribution in [1.82, 2.24) is 9.55 Å². The Bertz CT molecular complexity index is 386. The van der Waals surface area contributed by atoms with Gasteiger partial charge in [0, 0.05) is 19.4 Å². The molecular weight excluding hydrogens is 369 g/mol. The summed E-state index contributed by atoms with van der Waals surface area (Å²) >= 11 is 0. The molecule has 0 saturated carbocycles. The number of aromatic nitrogens is 2. The molecule has 0 aliphatic heterocycles. The number of nitrogens with zero attached hydrogens (tertiary/aromatic N) is 2. The van der Waals surface area contributed by atoms with Gasteiger partial charge in [-0.1, -0.05) is 32.6 Å². The van der Waals surface area contributed by atoms with Crippen LogP contribution in [0.3, 0.4) is 0 Å². The summed E-state index contributed by atoms with van der Waals surface area (Å²) in [7, 11) is 15.3. The number of imidazole rings is 1.